The van der Waals surface area contributed by atoms with Crippen molar-refractivity contribution in [3.8, 4) is 40.1 Å². The van der Waals surface area contributed by atoms with Crippen LogP contribution < -0.4 is 20.5 Å². The largest absolute Gasteiger partial charge is 0.501 e. The minimum atomic E-state index is -0.115. The molecule has 0 unspecified atom stereocenters. The van der Waals surface area contributed by atoms with E-state index in [1.54, 1.807) is 82.8 Å². The lowest BCUT2D eigenvalue weighted by atomic mass is 10.1. The molecule has 2 amide bonds. The second kappa shape index (κ2) is 24.0. The first kappa shape index (κ1) is 48.7. The number of nitrogens with two attached hydrogens (primary N) is 1. The average Bonchev–Trinajstić information content (AvgIpc) is 3.35. The van der Waals surface area contributed by atoms with Crippen molar-refractivity contribution in [2.24, 2.45) is 0 Å². The zero-order chi connectivity index (χ0) is 47.7. The first-order valence-corrected chi connectivity index (χ1v) is 21.5. The number of nitrogens with zero attached hydrogens (tertiary/aromatic N) is 10. The molecule has 2 saturated heterocycles. The molecule has 19 heteroatoms. The predicted octanol–water partition coefficient (Wildman–Crippen LogP) is 7.68. The number of hydrogen-bond acceptors (Lipinski definition) is 15. The van der Waals surface area contributed by atoms with E-state index in [2.05, 4.69) is 46.1 Å². The van der Waals surface area contributed by atoms with Gasteiger partial charge in [0.15, 0.2) is 0 Å². The lowest BCUT2D eigenvalue weighted by Gasteiger charge is -2.24. The molecule has 0 atom stereocenters. The first-order valence-electron chi connectivity index (χ1n) is 21.1. The molecule has 4 aromatic heterocycles. The number of rotatable bonds is 10. The molecule has 18 nitrogen and oxygen atoms in total. The molecular weight excluding hydrogens is 876 g/mol. The minimum absolute atomic E-state index is 0.0541. The molecule has 0 aliphatic carbocycles. The number of pyridine rings is 2. The van der Waals surface area contributed by atoms with Gasteiger partial charge in [0, 0.05) is 84.0 Å². The molecule has 2 fully saturated rings. The van der Waals surface area contributed by atoms with Crippen LogP contribution in [0.4, 0.5) is 23.1 Å². The van der Waals surface area contributed by atoms with Gasteiger partial charge in [-0.3, -0.25) is 9.59 Å². The maximum Gasteiger partial charge on any atom is 0.254 e. The summed E-state index contributed by atoms with van der Waals surface area (Å²) in [6, 6.07) is 23.3. The van der Waals surface area contributed by atoms with Crippen molar-refractivity contribution < 1.29 is 28.5 Å². The highest BCUT2D eigenvalue weighted by Crippen LogP contribution is 2.34. The Balaban J connectivity index is 0.000000186. The summed E-state index contributed by atoms with van der Waals surface area (Å²) in [5.41, 5.74) is 10.6. The highest BCUT2D eigenvalue weighted by Gasteiger charge is 2.19. The fourth-order valence-corrected chi connectivity index (χ4v) is 6.66. The smallest absolute Gasteiger partial charge is 0.254 e. The monoisotopic (exact) mass is 924 g/mol. The van der Waals surface area contributed by atoms with Gasteiger partial charge in [0.1, 0.15) is 65.0 Å². The third-order valence-corrected chi connectivity index (χ3v) is 10.3. The van der Waals surface area contributed by atoms with E-state index in [4.69, 9.17) is 42.9 Å². The van der Waals surface area contributed by atoms with E-state index < -0.39 is 0 Å². The molecule has 344 valence electrons. The van der Waals surface area contributed by atoms with E-state index in [0.29, 0.717) is 94.3 Å². The summed E-state index contributed by atoms with van der Waals surface area (Å²) in [6.45, 7) is 10.1. The average molecular weight is 925 g/mol. The van der Waals surface area contributed by atoms with Crippen LogP contribution in [-0.2, 0) is 9.47 Å². The van der Waals surface area contributed by atoms with Gasteiger partial charge < -0.3 is 39.8 Å². The third-order valence-electron chi connectivity index (χ3n) is 10.1. The topological polar surface area (TPSA) is 221 Å². The van der Waals surface area contributed by atoms with E-state index in [0.717, 1.165) is 36.8 Å². The quantitative estimate of drug-likeness (QED) is 0.0993. The van der Waals surface area contributed by atoms with Crippen LogP contribution in [0.15, 0.2) is 97.8 Å². The van der Waals surface area contributed by atoms with Crippen molar-refractivity contribution in [2.75, 3.05) is 65.7 Å². The second-order valence-electron chi connectivity index (χ2n) is 15.4. The Morgan fingerprint density at radius 3 is 1.81 bits per heavy atom. The Morgan fingerprint density at radius 2 is 1.27 bits per heavy atom. The summed E-state index contributed by atoms with van der Waals surface area (Å²) in [6.07, 6.45) is 9.32. The van der Waals surface area contributed by atoms with Crippen molar-refractivity contribution in [2.45, 2.75) is 37.9 Å². The number of hydrogen-bond donors (Lipinski definition) is 2. The zero-order valence-electron chi connectivity index (χ0n) is 37.4. The summed E-state index contributed by atoms with van der Waals surface area (Å²) in [5, 5.41) is 13.1. The van der Waals surface area contributed by atoms with Crippen molar-refractivity contribution in [3.63, 3.8) is 0 Å². The highest BCUT2D eigenvalue weighted by molar-refractivity contribution is 6.29. The maximum atomic E-state index is 12.0. The molecule has 2 aromatic carbocycles. The molecule has 0 bridgehead atoms. The summed E-state index contributed by atoms with van der Waals surface area (Å²) in [7, 11) is 6.77. The van der Waals surface area contributed by atoms with E-state index in [1.165, 1.54) is 34.8 Å². The summed E-state index contributed by atoms with van der Waals surface area (Å²) >= 11 is 5.56. The molecule has 0 spiro atoms. The number of carbonyl (C=O) groups is 2. The van der Waals surface area contributed by atoms with Gasteiger partial charge in [-0.1, -0.05) is 17.7 Å². The van der Waals surface area contributed by atoms with E-state index in [-0.39, 0.29) is 24.0 Å². The maximum absolute atomic E-state index is 12.0. The SMILES string of the molecule is CN(C)C(=O)c1ccc(Cl)nc1.CN(C)C(=O)c1ccc(Nc2cc(-c3ccc(OC4CCOCC4)c(C#N)c3)ncn2)nc1.[C-]#[N+]c1cc(-c2cc(N)ncn2)ccc1OC1CCOCC1. The highest BCUT2D eigenvalue weighted by atomic mass is 35.5. The molecule has 0 radical (unpaired) electrons. The number of benzene rings is 2. The standard InChI is InChI=1S/C24H24N6O3.C16H16N4O2.C8H9ClN2O/c1-30(2)24(31)17-4-6-22(26-14-17)29-23-12-20(27-15-28-23)16-3-5-21(18(11-16)13-25)33-19-7-9-32-10-8-19;1-18-14-8-11(13-9-16(17)20-10-19-13)2-3-15(14)22-12-4-6-21-7-5-12;1-11(2)8(12)6-3-4-7(9)10-5-6/h3-6,11-12,14-15,19H,7-10H2,1-2H3,(H,26,27,28,29);2-3,8-10,12H,4-7H2,(H2,17,19,20);3-5H,1-2H3. The number of halogens is 1. The first-order chi connectivity index (χ1) is 32.4. The summed E-state index contributed by atoms with van der Waals surface area (Å²) in [5.74, 6) is 2.48. The molecule has 67 heavy (non-hydrogen) atoms. The zero-order valence-corrected chi connectivity index (χ0v) is 38.2. The second-order valence-corrected chi connectivity index (χ2v) is 15.8. The van der Waals surface area contributed by atoms with Gasteiger partial charge in [-0.25, -0.2) is 34.7 Å². The van der Waals surface area contributed by atoms with Gasteiger partial charge >= 0.3 is 0 Å². The molecule has 3 N–H and O–H groups in total. The molecule has 6 aromatic rings. The van der Waals surface area contributed by atoms with Crippen molar-refractivity contribution >= 4 is 46.6 Å². The van der Waals surface area contributed by atoms with Gasteiger partial charge in [-0.2, -0.15) is 5.26 Å². The summed E-state index contributed by atoms with van der Waals surface area (Å²) < 4.78 is 22.6. The third kappa shape index (κ3) is 14.1. The van der Waals surface area contributed by atoms with Crippen LogP contribution in [0.2, 0.25) is 5.15 Å². The number of nitrogen functional groups attached to an aromatic ring is 1. The van der Waals surface area contributed by atoms with Crippen LogP contribution >= 0.6 is 11.6 Å². The Bertz CT molecular complexity index is 2700. The molecular formula is C48H49ClN12O6. The number of anilines is 3. The van der Waals surface area contributed by atoms with Crippen LogP contribution in [0, 0.1) is 17.9 Å². The minimum Gasteiger partial charge on any atom is -0.501 e. The lowest BCUT2D eigenvalue weighted by molar-refractivity contribution is 0.0253. The van der Waals surface area contributed by atoms with Crippen LogP contribution in [0.25, 0.3) is 27.4 Å². The Labute approximate surface area is 393 Å². The predicted molar refractivity (Wildman–Crippen MR) is 252 cm³/mol. The van der Waals surface area contributed by atoms with Crippen molar-refractivity contribution in [3.05, 3.63) is 131 Å². The molecule has 2 aliphatic rings. The van der Waals surface area contributed by atoms with Crippen molar-refractivity contribution in [1.29, 1.82) is 5.26 Å². The van der Waals surface area contributed by atoms with E-state index in [9.17, 15) is 14.9 Å². The van der Waals surface area contributed by atoms with Gasteiger partial charge in [0.05, 0.1) is 61.1 Å². The fourth-order valence-electron chi connectivity index (χ4n) is 6.55. The molecule has 6 heterocycles. The molecule has 8 rings (SSSR count). The fraction of sp³-hybridized carbons (Fsp3) is 0.292. The van der Waals surface area contributed by atoms with Crippen molar-refractivity contribution in [1.82, 2.24) is 39.7 Å². The Kier molecular flexibility index (Phi) is 17.4. The number of aromatic nitrogens is 6. The molecule has 2 aliphatic heterocycles. The van der Waals surface area contributed by atoms with Crippen LogP contribution in [-0.4, -0.2) is 118 Å². The summed E-state index contributed by atoms with van der Waals surface area (Å²) in [4.78, 5) is 54.6. The number of amides is 2. The van der Waals surface area contributed by atoms with Crippen LogP contribution in [0.1, 0.15) is 52.0 Å². The van der Waals surface area contributed by atoms with E-state index >= 15 is 0 Å². The number of ether oxygens (including phenoxy) is 4. The lowest BCUT2D eigenvalue weighted by Crippen LogP contribution is -2.26. The number of nitriles is 1. The number of nitrogens with one attached hydrogen (secondary N) is 1. The normalized spacial score (nSPS) is 13.5. The van der Waals surface area contributed by atoms with E-state index in [1.807, 2.05) is 18.2 Å². The Morgan fingerprint density at radius 1 is 0.716 bits per heavy atom. The van der Waals surface area contributed by atoms with Gasteiger partial charge in [-0.05, 0) is 60.2 Å². The van der Waals surface area contributed by atoms with Gasteiger partial charge in [0.2, 0.25) is 5.69 Å². The van der Waals surface area contributed by atoms with Crippen LogP contribution in [0.3, 0.4) is 0 Å². The van der Waals surface area contributed by atoms with Gasteiger partial charge in [0.25, 0.3) is 11.8 Å². The number of carbonyl (C=O) groups excluding carboxylic acids is 2. The van der Waals surface area contributed by atoms with Gasteiger partial charge in [-0.15, -0.1) is 0 Å². The van der Waals surface area contributed by atoms with Crippen LogP contribution in [0.5, 0.6) is 11.5 Å². The Hall–Kier alpha value is -7.77. The molecule has 0 saturated carbocycles.